The minimum atomic E-state index is -5.56. The van der Waals surface area contributed by atoms with E-state index in [1.165, 1.54) is 23.2 Å². The van der Waals surface area contributed by atoms with E-state index >= 15 is 0 Å². The molecule has 0 bridgehead atoms. The number of hydrogen-bond donors (Lipinski definition) is 1. The lowest BCUT2D eigenvalue weighted by atomic mass is 10.3. The quantitative estimate of drug-likeness (QED) is 0.861. The van der Waals surface area contributed by atoms with E-state index in [0.29, 0.717) is 0 Å². The van der Waals surface area contributed by atoms with E-state index in [2.05, 4.69) is 9.97 Å². The number of aromatic nitrogens is 2. The molecule has 2 rings (SSSR count). The highest BCUT2D eigenvalue weighted by atomic mass is 35.5. The van der Waals surface area contributed by atoms with E-state index in [9.17, 15) is 21.6 Å². The molecule has 124 valence electrons. The van der Waals surface area contributed by atoms with E-state index in [0.717, 1.165) is 12.1 Å². The van der Waals surface area contributed by atoms with Crippen molar-refractivity contribution in [2.24, 2.45) is 0 Å². The molecule has 0 amide bonds. The molecule has 23 heavy (non-hydrogen) atoms. The summed E-state index contributed by atoms with van der Waals surface area (Å²) in [6.45, 7) is 0. The number of benzene rings is 1. The first-order valence-electron chi connectivity index (χ1n) is 5.62. The van der Waals surface area contributed by atoms with Gasteiger partial charge in [0, 0.05) is 6.07 Å². The van der Waals surface area contributed by atoms with Crippen molar-refractivity contribution < 1.29 is 26.3 Å². The van der Waals surface area contributed by atoms with E-state index in [4.69, 9.17) is 27.9 Å². The van der Waals surface area contributed by atoms with Crippen LogP contribution in [0.1, 0.15) is 0 Å². The fraction of sp³-hybridized carbons (Fsp3) is 0.0909. The van der Waals surface area contributed by atoms with Crippen LogP contribution in [-0.2, 0) is 10.0 Å². The van der Waals surface area contributed by atoms with Crippen LogP contribution in [0, 0.1) is 0 Å². The van der Waals surface area contributed by atoms with Crippen molar-refractivity contribution in [3.63, 3.8) is 0 Å². The SMILES string of the molecule is O=S(=O)(Nc1ccc(Oc2ncc(Cl)cn2)cc1Cl)C(F)(F)F. The number of rotatable bonds is 4. The first-order chi connectivity index (χ1) is 10.6. The molecule has 0 fully saturated rings. The maximum absolute atomic E-state index is 12.3. The van der Waals surface area contributed by atoms with E-state index in [1.807, 2.05) is 0 Å². The third-order valence-electron chi connectivity index (χ3n) is 2.30. The molecule has 0 spiro atoms. The molecular formula is C11H6Cl2F3N3O3S. The number of hydrogen-bond acceptors (Lipinski definition) is 5. The highest BCUT2D eigenvalue weighted by Crippen LogP contribution is 2.32. The summed E-state index contributed by atoms with van der Waals surface area (Å²) in [5, 5.41) is -0.0171. The van der Waals surface area contributed by atoms with Crippen LogP contribution in [0.5, 0.6) is 11.8 Å². The Labute approximate surface area is 138 Å². The zero-order valence-electron chi connectivity index (χ0n) is 10.8. The first kappa shape index (κ1) is 17.6. The van der Waals surface area contributed by atoms with Gasteiger partial charge in [0.05, 0.1) is 28.1 Å². The molecular weight excluding hydrogens is 382 g/mol. The lowest BCUT2D eigenvalue weighted by Gasteiger charge is -2.12. The van der Waals surface area contributed by atoms with Gasteiger partial charge in [-0.15, -0.1) is 0 Å². The Bertz CT molecular complexity index is 814. The average Bonchev–Trinajstić information content (AvgIpc) is 2.43. The summed E-state index contributed by atoms with van der Waals surface area (Å²) < 4.78 is 65.5. The Morgan fingerprint density at radius 2 is 1.74 bits per heavy atom. The van der Waals surface area contributed by atoms with Gasteiger partial charge >= 0.3 is 21.5 Å². The zero-order valence-corrected chi connectivity index (χ0v) is 13.1. The lowest BCUT2D eigenvalue weighted by Crippen LogP contribution is -2.30. The van der Waals surface area contributed by atoms with Gasteiger partial charge in [-0.25, -0.2) is 9.97 Å². The number of alkyl halides is 3. The van der Waals surface area contributed by atoms with Gasteiger partial charge in [-0.3, -0.25) is 4.72 Å². The summed E-state index contributed by atoms with van der Waals surface area (Å²) in [5.74, 6) is 0.0901. The van der Waals surface area contributed by atoms with Gasteiger partial charge in [-0.1, -0.05) is 23.2 Å². The maximum Gasteiger partial charge on any atom is 0.516 e. The Morgan fingerprint density at radius 1 is 1.13 bits per heavy atom. The molecule has 1 aromatic carbocycles. The second kappa shape index (κ2) is 6.38. The fourth-order valence-electron chi connectivity index (χ4n) is 1.30. The minimum Gasteiger partial charge on any atom is -0.424 e. The van der Waals surface area contributed by atoms with Gasteiger partial charge in [0.15, 0.2) is 0 Å². The summed E-state index contributed by atoms with van der Waals surface area (Å²) in [5.41, 5.74) is -5.91. The van der Waals surface area contributed by atoms with Crippen molar-refractivity contribution in [3.8, 4) is 11.8 Å². The number of nitrogens with one attached hydrogen (secondary N) is 1. The second-order valence-corrected chi connectivity index (χ2v) is 6.50. The highest BCUT2D eigenvalue weighted by molar-refractivity contribution is 7.93. The fourth-order valence-corrected chi connectivity index (χ4v) is 2.26. The lowest BCUT2D eigenvalue weighted by molar-refractivity contribution is -0.0429. The maximum atomic E-state index is 12.3. The van der Waals surface area contributed by atoms with Crippen LogP contribution < -0.4 is 9.46 Å². The normalized spacial score (nSPS) is 12.0. The van der Waals surface area contributed by atoms with Crippen LogP contribution in [0.3, 0.4) is 0 Å². The predicted molar refractivity (Wildman–Crippen MR) is 77.2 cm³/mol. The van der Waals surface area contributed by atoms with Crippen LogP contribution in [0.4, 0.5) is 18.9 Å². The van der Waals surface area contributed by atoms with E-state index in [1.54, 1.807) is 0 Å². The van der Waals surface area contributed by atoms with E-state index < -0.39 is 21.2 Å². The molecule has 12 heteroatoms. The van der Waals surface area contributed by atoms with Crippen LogP contribution in [0.2, 0.25) is 10.0 Å². The number of sulfonamides is 1. The largest absolute Gasteiger partial charge is 0.516 e. The van der Waals surface area contributed by atoms with Gasteiger partial charge in [0.2, 0.25) is 0 Å². The standard InChI is InChI=1S/C11H6Cl2F3N3O3S/c12-6-4-17-10(18-5-6)22-7-1-2-9(8(13)3-7)19-23(20,21)11(14,15)16/h1-5,19H. The Balaban J connectivity index is 2.20. The molecule has 6 nitrogen and oxygen atoms in total. The molecule has 0 radical (unpaired) electrons. The van der Waals surface area contributed by atoms with Crippen molar-refractivity contribution in [3.05, 3.63) is 40.6 Å². The predicted octanol–water partition coefficient (Wildman–Crippen LogP) is 3.84. The first-order valence-corrected chi connectivity index (χ1v) is 7.86. The van der Waals surface area contributed by atoms with E-state index in [-0.39, 0.29) is 21.8 Å². The third-order valence-corrected chi connectivity index (χ3v) is 3.90. The average molecular weight is 388 g/mol. The van der Waals surface area contributed by atoms with Gasteiger partial charge in [-0.2, -0.15) is 21.6 Å². The molecule has 0 atom stereocenters. The monoisotopic (exact) mass is 387 g/mol. The Morgan fingerprint density at radius 3 is 2.26 bits per heavy atom. The van der Waals surface area contributed by atoms with Crippen molar-refractivity contribution >= 4 is 38.9 Å². The topological polar surface area (TPSA) is 81.2 Å². The molecule has 2 aromatic rings. The molecule has 0 saturated carbocycles. The van der Waals surface area contributed by atoms with Crippen molar-refractivity contribution in [1.82, 2.24) is 9.97 Å². The second-order valence-electron chi connectivity index (χ2n) is 3.98. The van der Waals surface area contributed by atoms with Crippen molar-refractivity contribution in [2.45, 2.75) is 5.51 Å². The Kier molecular flexibility index (Phi) is 4.87. The number of anilines is 1. The summed E-state index contributed by atoms with van der Waals surface area (Å²) in [6, 6.07) is 3.23. The number of ether oxygens (including phenoxy) is 1. The summed E-state index contributed by atoms with van der Waals surface area (Å²) in [6.07, 6.45) is 2.55. The zero-order chi connectivity index (χ0) is 17.3. The molecule has 0 aliphatic carbocycles. The van der Waals surface area contributed by atoms with Crippen LogP contribution in [-0.4, -0.2) is 23.9 Å². The third kappa shape index (κ3) is 4.36. The minimum absolute atomic E-state index is 0.0749. The van der Waals surface area contributed by atoms with Crippen LogP contribution >= 0.6 is 23.2 Å². The Hall–Kier alpha value is -1.78. The van der Waals surface area contributed by atoms with Crippen LogP contribution in [0.15, 0.2) is 30.6 Å². The smallest absolute Gasteiger partial charge is 0.424 e. The van der Waals surface area contributed by atoms with Gasteiger partial charge in [0.25, 0.3) is 0 Å². The molecule has 1 N–H and O–H groups in total. The number of nitrogens with zero attached hydrogens (tertiary/aromatic N) is 2. The molecule has 0 aliphatic heterocycles. The van der Waals surface area contributed by atoms with Crippen molar-refractivity contribution in [1.29, 1.82) is 0 Å². The van der Waals surface area contributed by atoms with Crippen LogP contribution in [0.25, 0.3) is 0 Å². The van der Waals surface area contributed by atoms with Gasteiger partial charge in [-0.05, 0) is 12.1 Å². The van der Waals surface area contributed by atoms with Gasteiger partial charge < -0.3 is 4.74 Å². The molecule has 0 aliphatic rings. The summed E-state index contributed by atoms with van der Waals surface area (Å²) in [7, 11) is -5.56. The molecule has 0 saturated heterocycles. The highest BCUT2D eigenvalue weighted by Gasteiger charge is 2.46. The summed E-state index contributed by atoms with van der Waals surface area (Å²) >= 11 is 11.3. The van der Waals surface area contributed by atoms with Crippen molar-refractivity contribution in [2.75, 3.05) is 4.72 Å². The molecule has 1 heterocycles. The number of halogens is 5. The molecule has 1 aromatic heterocycles. The van der Waals surface area contributed by atoms with Gasteiger partial charge in [0.1, 0.15) is 5.75 Å². The summed E-state index contributed by atoms with van der Waals surface area (Å²) in [4.78, 5) is 7.50. The molecule has 0 unspecified atom stereocenters.